The lowest BCUT2D eigenvalue weighted by atomic mass is 9.91. The molecule has 0 unspecified atom stereocenters. The fraction of sp³-hybridized carbons (Fsp3) is 0.388. The lowest BCUT2D eigenvalue weighted by Crippen LogP contribution is -2.22. The average molecular weight is 767 g/mol. The van der Waals surface area contributed by atoms with E-state index in [4.69, 9.17) is 19.4 Å². The quantitative estimate of drug-likeness (QED) is 0.123. The Kier molecular flexibility index (Phi) is 11.9. The number of carbonyl (C=O) groups is 2. The fourth-order valence-corrected chi connectivity index (χ4v) is 8.20. The monoisotopic (exact) mass is 766 g/mol. The zero-order valence-electron chi connectivity index (χ0n) is 35.9. The second-order valence-electron chi connectivity index (χ2n) is 16.0. The van der Waals surface area contributed by atoms with Crippen molar-refractivity contribution in [2.24, 2.45) is 5.41 Å². The van der Waals surface area contributed by atoms with Gasteiger partial charge < -0.3 is 19.4 Å². The van der Waals surface area contributed by atoms with E-state index >= 15 is 0 Å². The number of aryl methyl sites for hydroxylation is 4. The average Bonchev–Trinajstić information content (AvgIpc) is 3.87. The first-order valence-electron chi connectivity index (χ1n) is 20.5. The van der Waals surface area contributed by atoms with Gasteiger partial charge in [0.1, 0.15) is 6.61 Å². The number of nitrogens with zero attached hydrogens (tertiary/aromatic N) is 2. The smallest absolute Gasteiger partial charge is 0.330 e. The van der Waals surface area contributed by atoms with Gasteiger partial charge in [0.2, 0.25) is 0 Å². The summed E-state index contributed by atoms with van der Waals surface area (Å²) in [4.78, 5) is 44.1. The highest BCUT2D eigenvalue weighted by Gasteiger charge is 2.28. The van der Waals surface area contributed by atoms with Gasteiger partial charge in [0.25, 0.3) is 0 Å². The summed E-state index contributed by atoms with van der Waals surface area (Å²) in [6.45, 7) is 25.2. The fourth-order valence-electron chi connectivity index (χ4n) is 8.20. The number of rotatable bonds is 10. The van der Waals surface area contributed by atoms with Crippen LogP contribution in [0.3, 0.4) is 0 Å². The van der Waals surface area contributed by atoms with Gasteiger partial charge in [-0.25, -0.2) is 14.8 Å². The standard InChI is InChI=1S/C49H58N4O4/c1-13-33-27(6)38-24-39-28(7)35(15-3)46(51-39)43(32-20-18-31(19-21-32)26-57-48(55)49(10,11)12)47-36(16-4)30(9)45(53-47)37(22-23-42(54)56-17-5)44-29(8)34(14-2)41(52-44)25-40(33)50-38/h18-25,50,52H,13-17,26H2,1-12H3/b23-22+,38-24?,39-24?,40-25?,41-25?,44-37?,45-37?,46-43?,47-43?. The Morgan fingerprint density at radius 3 is 1.93 bits per heavy atom. The van der Waals surface area contributed by atoms with E-state index in [9.17, 15) is 9.59 Å². The first-order valence-corrected chi connectivity index (χ1v) is 20.5. The molecule has 0 aliphatic carbocycles. The Morgan fingerprint density at radius 2 is 1.32 bits per heavy atom. The molecule has 1 aromatic carbocycles. The summed E-state index contributed by atoms with van der Waals surface area (Å²) < 4.78 is 11.0. The lowest BCUT2D eigenvalue weighted by Gasteiger charge is -2.17. The molecule has 0 radical (unpaired) electrons. The van der Waals surface area contributed by atoms with Gasteiger partial charge in [0.15, 0.2) is 0 Å². The van der Waals surface area contributed by atoms with E-state index in [-0.39, 0.29) is 19.2 Å². The summed E-state index contributed by atoms with van der Waals surface area (Å²) in [5, 5.41) is 0. The molecular formula is C49H58N4O4. The Labute approximate surface area is 337 Å². The van der Waals surface area contributed by atoms with Gasteiger partial charge in [-0.3, -0.25) is 4.79 Å². The molecule has 2 aliphatic rings. The molecule has 4 aromatic rings. The molecule has 2 N–H and O–H groups in total. The molecule has 0 spiro atoms. The number of carbonyl (C=O) groups excluding carboxylic acids is 2. The predicted molar refractivity (Wildman–Crippen MR) is 235 cm³/mol. The molecule has 0 saturated heterocycles. The second kappa shape index (κ2) is 16.5. The number of H-pyrrole nitrogens is 2. The van der Waals surface area contributed by atoms with Crippen molar-refractivity contribution in [2.75, 3.05) is 6.61 Å². The normalized spacial score (nSPS) is 13.3. The third-order valence-corrected chi connectivity index (χ3v) is 11.4. The molecule has 0 amide bonds. The molecule has 3 aromatic heterocycles. The summed E-state index contributed by atoms with van der Waals surface area (Å²) in [7, 11) is 0. The van der Waals surface area contributed by atoms with Crippen molar-refractivity contribution in [1.29, 1.82) is 0 Å². The van der Waals surface area contributed by atoms with E-state index in [1.165, 1.54) is 28.3 Å². The van der Waals surface area contributed by atoms with Crippen molar-refractivity contribution in [3.8, 4) is 11.1 Å². The SMILES string of the molecule is CCOC(=O)/C=C/c1c2nc(c(-c3ccc(COC(=O)C(C)(C)C)cc3)c3nc(cc4[nH]c(cc5[nH]c1c(C)c5CC)c(CC)c4C)C(C)=C3CC)C(CC)=C2C. The predicted octanol–water partition coefficient (Wildman–Crippen LogP) is 12.1. The van der Waals surface area contributed by atoms with Crippen LogP contribution < -0.4 is 0 Å². The minimum Gasteiger partial charge on any atom is -0.463 e. The largest absolute Gasteiger partial charge is 0.463 e. The molecule has 6 rings (SSSR count). The summed E-state index contributed by atoms with van der Waals surface area (Å²) in [6, 6.07) is 12.7. The van der Waals surface area contributed by atoms with Crippen LogP contribution in [0.15, 0.2) is 42.5 Å². The zero-order valence-corrected chi connectivity index (χ0v) is 35.9. The molecular weight excluding hydrogens is 709 g/mol. The van der Waals surface area contributed by atoms with Gasteiger partial charge >= 0.3 is 11.9 Å². The number of allylic oxidation sites excluding steroid dienone is 4. The number of esters is 2. The first-order chi connectivity index (χ1) is 27.2. The van der Waals surface area contributed by atoms with Gasteiger partial charge in [0.05, 0.1) is 40.3 Å². The first kappa shape index (κ1) is 41.1. The van der Waals surface area contributed by atoms with Gasteiger partial charge in [-0.1, -0.05) is 52.0 Å². The van der Waals surface area contributed by atoms with Crippen LogP contribution in [0.25, 0.3) is 61.6 Å². The highest BCUT2D eigenvalue weighted by molar-refractivity contribution is 6.04. The van der Waals surface area contributed by atoms with Crippen molar-refractivity contribution >= 4 is 62.4 Å². The van der Waals surface area contributed by atoms with Crippen LogP contribution in [0.4, 0.5) is 0 Å². The second-order valence-corrected chi connectivity index (χ2v) is 16.0. The van der Waals surface area contributed by atoms with Crippen LogP contribution in [-0.2, 0) is 38.5 Å². The summed E-state index contributed by atoms with van der Waals surface area (Å²) in [5.41, 5.74) is 19.9. The van der Waals surface area contributed by atoms with E-state index < -0.39 is 11.4 Å². The zero-order chi connectivity index (χ0) is 41.3. The number of aromatic nitrogens is 4. The van der Waals surface area contributed by atoms with E-state index in [1.54, 1.807) is 0 Å². The van der Waals surface area contributed by atoms with Gasteiger partial charge in [-0.05, 0) is 155 Å². The Hall–Kier alpha value is -5.50. The number of hydrogen-bond donors (Lipinski definition) is 2. The number of fused-ring (bicyclic) bond motifs is 8. The molecule has 8 heteroatoms. The van der Waals surface area contributed by atoms with Gasteiger partial charge in [-0.15, -0.1) is 0 Å². The van der Waals surface area contributed by atoms with Crippen molar-refractivity contribution < 1.29 is 19.1 Å². The minimum absolute atomic E-state index is 0.188. The van der Waals surface area contributed by atoms with Gasteiger partial charge in [-0.2, -0.15) is 0 Å². The van der Waals surface area contributed by atoms with E-state index in [1.807, 2.05) is 45.9 Å². The van der Waals surface area contributed by atoms with Gasteiger partial charge in [0, 0.05) is 33.8 Å². The van der Waals surface area contributed by atoms with E-state index in [2.05, 4.69) is 89.6 Å². The number of benzene rings is 1. The van der Waals surface area contributed by atoms with Crippen molar-refractivity contribution in [1.82, 2.24) is 19.9 Å². The van der Waals surface area contributed by atoms with Crippen LogP contribution in [0.5, 0.6) is 0 Å². The minimum atomic E-state index is -0.585. The molecule has 298 valence electrons. The van der Waals surface area contributed by atoms with E-state index in [0.29, 0.717) is 0 Å². The third-order valence-electron chi connectivity index (χ3n) is 11.4. The molecule has 2 aliphatic heterocycles. The highest BCUT2D eigenvalue weighted by atomic mass is 16.5. The topological polar surface area (TPSA) is 110 Å². The maximum Gasteiger partial charge on any atom is 0.330 e. The lowest BCUT2D eigenvalue weighted by molar-refractivity contribution is -0.154. The number of nitrogens with one attached hydrogen (secondary N) is 2. The number of hydrogen-bond acceptors (Lipinski definition) is 6. The maximum atomic E-state index is 12.9. The van der Waals surface area contributed by atoms with E-state index in [0.717, 1.165) is 115 Å². The maximum absolute atomic E-state index is 12.9. The van der Waals surface area contributed by atoms with Crippen LogP contribution in [0.1, 0.15) is 138 Å². The molecule has 8 nitrogen and oxygen atoms in total. The molecule has 0 atom stereocenters. The summed E-state index contributed by atoms with van der Waals surface area (Å²) in [5.74, 6) is -0.643. The highest BCUT2D eigenvalue weighted by Crippen LogP contribution is 2.45. The van der Waals surface area contributed by atoms with Crippen molar-refractivity contribution in [3.05, 3.63) is 98.6 Å². The Bertz CT molecular complexity index is 2520. The molecule has 0 saturated carbocycles. The third kappa shape index (κ3) is 7.79. The van der Waals surface area contributed by atoms with Crippen molar-refractivity contribution in [2.45, 2.75) is 115 Å². The molecule has 5 heterocycles. The van der Waals surface area contributed by atoms with Crippen LogP contribution in [0.2, 0.25) is 0 Å². The molecule has 57 heavy (non-hydrogen) atoms. The van der Waals surface area contributed by atoms with Crippen molar-refractivity contribution in [3.63, 3.8) is 0 Å². The Morgan fingerprint density at radius 1 is 0.702 bits per heavy atom. The number of ether oxygens (including phenoxy) is 2. The molecule has 0 fully saturated rings. The Balaban J connectivity index is 1.80. The molecule has 8 bridgehead atoms. The van der Waals surface area contributed by atoms with Crippen LogP contribution >= 0.6 is 0 Å². The summed E-state index contributed by atoms with van der Waals surface area (Å²) >= 11 is 0. The van der Waals surface area contributed by atoms with Crippen LogP contribution in [-0.4, -0.2) is 38.5 Å². The number of aromatic amines is 2. The van der Waals surface area contributed by atoms with Crippen LogP contribution in [0, 0.1) is 19.3 Å². The summed E-state index contributed by atoms with van der Waals surface area (Å²) in [6.07, 6.45) is 6.59.